The van der Waals surface area contributed by atoms with Gasteiger partial charge in [-0.25, -0.2) is 4.98 Å². The molecule has 15 atom stereocenters. The van der Waals surface area contributed by atoms with Crippen LogP contribution in [-0.4, -0.2) is 223 Å². The first-order valence-corrected chi connectivity index (χ1v) is 43.4. The monoisotopic (exact) mass is 1730 g/mol. The first-order chi connectivity index (χ1) is 58.6. The highest BCUT2D eigenvalue weighted by Gasteiger charge is 2.38. The fraction of sp³-hybridized carbons (Fsp3) is 0.647. The molecule has 0 aliphatic rings. The zero-order valence-electron chi connectivity index (χ0n) is 73.4. The maximum Gasteiger partial charge on any atom is 0.243 e. The van der Waals surface area contributed by atoms with Crippen molar-refractivity contribution in [3.63, 3.8) is 0 Å². The van der Waals surface area contributed by atoms with Crippen LogP contribution in [0.3, 0.4) is 0 Å². The van der Waals surface area contributed by atoms with Crippen LogP contribution in [0.5, 0.6) is 0 Å². The van der Waals surface area contributed by atoms with Gasteiger partial charge in [0.2, 0.25) is 88.6 Å². The summed E-state index contributed by atoms with van der Waals surface area (Å²) in [6.07, 6.45) is 8.99. The zero-order valence-corrected chi connectivity index (χ0v) is 73.4. The van der Waals surface area contributed by atoms with E-state index in [1.54, 1.807) is 109 Å². The van der Waals surface area contributed by atoms with Crippen molar-refractivity contribution < 1.29 is 71.9 Å². The molecular weight excluding hydrogens is 1580 g/mol. The minimum absolute atomic E-state index is 0.00346. The van der Waals surface area contributed by atoms with Gasteiger partial charge in [-0.15, -0.1) is 0 Å². The standard InChI is InChI=1S/C85H143N23O15/c1-10-53(7)71(107-70(110)49-95-85(123)72(54(8)11-2)108-79(117)63(36-22-27-41-90)100-75(113)59(91)32-18-23-37-86)84(122)94-48-69(109)98-60(33-19-24-38-87)76(114)105-67(45-57-30-16-13-17-31-57)82(120)104-66(43-52(5)6)81(119)106-68(46-58-47-93-50-96-58)83(121)103-65(42-51(3)4)80(118)97-55(9)74(112)99-61(34-20-25-39-88)77(115)101-62(35-21-26-40-89)78(116)102-64(73(92)111)44-56-28-14-12-15-29-56/h12-17,28-31,47,50-55,59-68,71-72H,10-11,18-27,32-46,48-49,86-91H2,1-9H3,(H2,92,111)(H,93,96)(H,94,122)(H,95,123)(H,97,118)(H,98,109)(H,99,112)(H,100,113)(H,101,115)(H,102,116)(H,103,121)(H,104,120)(H,105,114)(H,106,119)(H,107,110)(H,108,117)/t53-,54-,55-,59-,60-,61-,62-,63-,64-,65-,66-,67-,68-,71-,72-/m0/s1. The van der Waals surface area contributed by atoms with Crippen LogP contribution in [0.4, 0.5) is 0 Å². The number of nitrogens with zero attached hydrogens (tertiary/aromatic N) is 1. The number of nitrogens with two attached hydrogens (primary N) is 7. The van der Waals surface area contributed by atoms with Gasteiger partial charge in [-0.3, -0.25) is 71.9 Å². The van der Waals surface area contributed by atoms with Crippen molar-refractivity contribution in [3.8, 4) is 0 Å². The number of primary amides is 1. The lowest BCUT2D eigenvalue weighted by Crippen LogP contribution is -2.61. The second kappa shape index (κ2) is 59.3. The number of aromatic nitrogens is 2. The molecular formula is C85H143N23O15. The van der Waals surface area contributed by atoms with Crippen LogP contribution in [0.2, 0.25) is 0 Å². The Morgan fingerprint density at radius 2 is 0.675 bits per heavy atom. The Balaban J connectivity index is 1.86. The van der Waals surface area contributed by atoms with E-state index in [9.17, 15) is 71.9 Å². The van der Waals surface area contributed by atoms with Crippen LogP contribution < -0.4 is 115 Å². The molecule has 0 fully saturated rings. The molecule has 38 heteroatoms. The fourth-order valence-corrected chi connectivity index (χ4v) is 13.3. The van der Waals surface area contributed by atoms with Crippen LogP contribution >= 0.6 is 0 Å². The van der Waals surface area contributed by atoms with Gasteiger partial charge in [-0.05, 0) is 177 Å². The molecule has 0 unspecified atom stereocenters. The summed E-state index contributed by atoms with van der Waals surface area (Å²) >= 11 is 0. The Morgan fingerprint density at radius 3 is 1.07 bits per heavy atom. The highest BCUT2D eigenvalue weighted by atomic mass is 16.2. The van der Waals surface area contributed by atoms with Gasteiger partial charge in [0, 0.05) is 31.2 Å². The van der Waals surface area contributed by atoms with Crippen molar-refractivity contribution in [1.82, 2.24) is 84.4 Å². The van der Waals surface area contributed by atoms with E-state index >= 15 is 0 Å². The lowest BCUT2D eigenvalue weighted by molar-refractivity contribution is -0.136. The smallest absolute Gasteiger partial charge is 0.243 e. The molecule has 0 radical (unpaired) electrons. The summed E-state index contributed by atoms with van der Waals surface area (Å²) < 4.78 is 0. The van der Waals surface area contributed by atoms with E-state index in [-0.39, 0.29) is 82.7 Å². The molecule has 29 N–H and O–H groups in total. The van der Waals surface area contributed by atoms with Gasteiger partial charge < -0.3 is 120 Å². The number of carbonyl (C=O) groups is 15. The quantitative estimate of drug-likeness (QED) is 0.0276. The summed E-state index contributed by atoms with van der Waals surface area (Å²) in [5.41, 5.74) is 42.4. The summed E-state index contributed by atoms with van der Waals surface area (Å²) in [5.74, 6) is -12.8. The van der Waals surface area contributed by atoms with E-state index in [4.69, 9.17) is 40.1 Å². The topological polar surface area (TPSA) is 635 Å². The molecule has 38 nitrogen and oxygen atoms in total. The molecule has 2 aromatic carbocycles. The first kappa shape index (κ1) is 107. The highest BCUT2D eigenvalue weighted by molar-refractivity contribution is 6.00. The number of imidazole rings is 1. The molecule has 1 heterocycles. The number of H-pyrrole nitrogens is 1. The molecule has 0 aliphatic carbocycles. The van der Waals surface area contributed by atoms with Gasteiger partial charge in [0.1, 0.15) is 72.5 Å². The second-order valence-electron chi connectivity index (χ2n) is 32.4. The average molecular weight is 1730 g/mol. The van der Waals surface area contributed by atoms with Crippen LogP contribution in [0.1, 0.15) is 201 Å². The lowest BCUT2D eigenvalue weighted by Gasteiger charge is -2.28. The van der Waals surface area contributed by atoms with E-state index in [1.807, 2.05) is 6.92 Å². The fourth-order valence-electron chi connectivity index (χ4n) is 13.3. The Hall–Kier alpha value is -10.5. The van der Waals surface area contributed by atoms with E-state index in [1.165, 1.54) is 19.4 Å². The molecule has 1 aromatic heterocycles. The number of nitrogens with one attached hydrogen (secondary N) is 15. The Morgan fingerprint density at radius 1 is 0.350 bits per heavy atom. The molecule has 0 saturated heterocycles. The summed E-state index contributed by atoms with van der Waals surface area (Å²) in [6, 6.07) is 1.45. The number of unbranched alkanes of at least 4 members (excludes halogenated alkanes) is 5. The molecule has 0 saturated carbocycles. The number of rotatable bonds is 63. The van der Waals surface area contributed by atoms with Crippen molar-refractivity contribution in [2.45, 2.75) is 282 Å². The van der Waals surface area contributed by atoms with Crippen molar-refractivity contribution in [1.29, 1.82) is 0 Å². The molecule has 123 heavy (non-hydrogen) atoms. The second-order valence-corrected chi connectivity index (χ2v) is 32.4. The number of hydrogen-bond donors (Lipinski definition) is 22. The van der Waals surface area contributed by atoms with E-state index < -0.39 is 192 Å². The summed E-state index contributed by atoms with van der Waals surface area (Å²) in [4.78, 5) is 218. The van der Waals surface area contributed by atoms with Crippen molar-refractivity contribution in [2.24, 2.45) is 63.8 Å². The Kier molecular flexibility index (Phi) is 51.4. The van der Waals surface area contributed by atoms with Crippen molar-refractivity contribution in [2.75, 3.05) is 45.8 Å². The van der Waals surface area contributed by atoms with E-state index in [0.717, 1.165) is 5.56 Å². The first-order valence-electron chi connectivity index (χ1n) is 43.4. The Labute approximate surface area is 723 Å². The molecule has 3 rings (SSSR count). The summed E-state index contributed by atoms with van der Waals surface area (Å²) in [7, 11) is 0. The third-order valence-electron chi connectivity index (χ3n) is 21.0. The predicted molar refractivity (Wildman–Crippen MR) is 467 cm³/mol. The molecule has 0 spiro atoms. The maximum absolute atomic E-state index is 14.9. The van der Waals surface area contributed by atoms with Gasteiger partial charge in [-0.2, -0.15) is 0 Å². The van der Waals surface area contributed by atoms with Gasteiger partial charge in [-0.1, -0.05) is 135 Å². The number of amides is 15. The van der Waals surface area contributed by atoms with Crippen LogP contribution in [0.25, 0.3) is 0 Å². The summed E-state index contributed by atoms with van der Waals surface area (Å²) in [6.45, 7) is 15.9. The third-order valence-corrected chi connectivity index (χ3v) is 21.0. The van der Waals surface area contributed by atoms with Crippen molar-refractivity contribution >= 4 is 88.6 Å². The number of aromatic amines is 1. The molecule has 0 aliphatic heterocycles. The van der Waals surface area contributed by atoms with Crippen LogP contribution in [-0.2, 0) is 91.2 Å². The number of hydrogen-bond acceptors (Lipinski definition) is 22. The average Bonchev–Trinajstić information content (AvgIpc) is 1.43. The number of carbonyl (C=O) groups excluding carboxylic acids is 15. The zero-order chi connectivity index (χ0) is 91.5. The highest BCUT2D eigenvalue weighted by Crippen LogP contribution is 2.17. The Bertz CT molecular complexity index is 3750. The lowest BCUT2D eigenvalue weighted by atomic mass is 9.97. The van der Waals surface area contributed by atoms with Crippen LogP contribution in [0, 0.1) is 23.7 Å². The summed E-state index contributed by atoms with van der Waals surface area (Å²) in [5, 5.41) is 37.8. The SMILES string of the molecule is CC[C@H](C)[C@H](NC(=O)CNC(=O)[C@@H](NC(=O)[C@H](CCCCN)NC(=O)[C@@H](N)CCCCN)[C@@H](C)CC)C(=O)NCC(=O)N[C@@H](CCCCN)C(=O)N[C@@H](Cc1ccccc1)C(=O)N[C@@H](CC(C)C)C(=O)N[C@@H](Cc1cnc[nH]1)C(=O)N[C@@H](CC(C)C)C(=O)N[C@@H](C)C(=O)N[C@@H](CCCCN)C(=O)N[C@@H](CCCCN)C(=O)N[C@@H](Cc1ccccc1)C(N)=O. The van der Waals surface area contributed by atoms with Crippen LogP contribution in [0.15, 0.2) is 73.2 Å². The van der Waals surface area contributed by atoms with Gasteiger partial charge in [0.15, 0.2) is 0 Å². The van der Waals surface area contributed by atoms with Gasteiger partial charge in [0.05, 0.1) is 25.5 Å². The van der Waals surface area contributed by atoms with Gasteiger partial charge >= 0.3 is 0 Å². The molecule has 0 bridgehead atoms. The van der Waals surface area contributed by atoms with E-state index in [0.29, 0.717) is 114 Å². The normalized spacial score (nSPS) is 14.9. The third kappa shape index (κ3) is 41.5. The maximum atomic E-state index is 14.9. The minimum Gasteiger partial charge on any atom is -0.368 e. The largest absolute Gasteiger partial charge is 0.368 e. The molecule has 688 valence electrons. The molecule has 3 aromatic rings. The number of benzene rings is 2. The minimum atomic E-state index is -1.45. The predicted octanol–water partition coefficient (Wildman–Crippen LogP) is -1.85. The van der Waals surface area contributed by atoms with Gasteiger partial charge in [0.25, 0.3) is 0 Å². The molecule has 15 amide bonds. The van der Waals surface area contributed by atoms with E-state index in [2.05, 4.69) is 84.4 Å². The van der Waals surface area contributed by atoms with Crippen molar-refractivity contribution in [3.05, 3.63) is 90.0 Å².